The van der Waals surface area contributed by atoms with Crippen molar-refractivity contribution in [3.63, 3.8) is 0 Å². The minimum Gasteiger partial charge on any atom is -0.353 e. The standard InChI is InChI=1S/C15H16BrN3O/c16-14-9-11-10-19(8-6-13(11)18-14)15(20)5-4-12-3-1-2-7-17-12/h1-3,7,9,18H,4-6,8,10H2. The molecule has 0 fully saturated rings. The molecule has 2 aromatic heterocycles. The number of nitrogens with one attached hydrogen (secondary N) is 1. The van der Waals surface area contributed by atoms with E-state index in [9.17, 15) is 4.79 Å². The molecule has 1 N–H and O–H groups in total. The maximum atomic E-state index is 12.3. The van der Waals surface area contributed by atoms with Gasteiger partial charge in [0.05, 0.1) is 4.60 Å². The number of carbonyl (C=O) groups excluding carboxylic acids is 1. The van der Waals surface area contributed by atoms with Crippen LogP contribution < -0.4 is 0 Å². The van der Waals surface area contributed by atoms with Crippen molar-refractivity contribution in [2.75, 3.05) is 6.54 Å². The average Bonchev–Trinajstić information content (AvgIpc) is 2.85. The van der Waals surface area contributed by atoms with E-state index in [1.807, 2.05) is 23.1 Å². The molecule has 104 valence electrons. The van der Waals surface area contributed by atoms with Gasteiger partial charge in [0.1, 0.15) is 0 Å². The molecule has 0 saturated heterocycles. The molecule has 2 aromatic rings. The summed E-state index contributed by atoms with van der Waals surface area (Å²) in [5.74, 6) is 0.207. The van der Waals surface area contributed by atoms with Crippen molar-refractivity contribution in [1.29, 1.82) is 0 Å². The van der Waals surface area contributed by atoms with Crippen LogP contribution in [0, 0.1) is 0 Å². The molecule has 0 spiro atoms. The monoisotopic (exact) mass is 333 g/mol. The van der Waals surface area contributed by atoms with E-state index in [2.05, 4.69) is 32.0 Å². The predicted molar refractivity (Wildman–Crippen MR) is 80.2 cm³/mol. The van der Waals surface area contributed by atoms with Crippen molar-refractivity contribution in [3.05, 3.63) is 52.0 Å². The number of aryl methyl sites for hydroxylation is 1. The Labute approximate surface area is 126 Å². The summed E-state index contributed by atoms with van der Waals surface area (Å²) in [5, 5.41) is 0. The summed E-state index contributed by atoms with van der Waals surface area (Å²) in [4.78, 5) is 21.7. The lowest BCUT2D eigenvalue weighted by Gasteiger charge is -2.27. The Balaban J connectivity index is 1.59. The fourth-order valence-electron chi connectivity index (χ4n) is 2.55. The van der Waals surface area contributed by atoms with Gasteiger partial charge < -0.3 is 9.88 Å². The van der Waals surface area contributed by atoms with Gasteiger partial charge in [0.2, 0.25) is 5.91 Å². The molecular weight excluding hydrogens is 318 g/mol. The van der Waals surface area contributed by atoms with Gasteiger partial charge in [-0.3, -0.25) is 9.78 Å². The molecule has 20 heavy (non-hydrogen) atoms. The molecule has 1 amide bonds. The second-order valence-corrected chi connectivity index (χ2v) is 5.86. The number of pyridine rings is 1. The molecule has 0 radical (unpaired) electrons. The van der Waals surface area contributed by atoms with Gasteiger partial charge >= 0.3 is 0 Å². The van der Waals surface area contributed by atoms with Gasteiger partial charge in [0.15, 0.2) is 0 Å². The summed E-state index contributed by atoms with van der Waals surface area (Å²) in [5.41, 5.74) is 3.43. The fourth-order valence-corrected chi connectivity index (χ4v) is 3.06. The number of amides is 1. The summed E-state index contributed by atoms with van der Waals surface area (Å²) in [6.07, 6.45) is 3.90. The highest BCUT2D eigenvalue weighted by Gasteiger charge is 2.21. The molecule has 1 aliphatic rings. The van der Waals surface area contributed by atoms with Crippen LogP contribution in [0.5, 0.6) is 0 Å². The van der Waals surface area contributed by atoms with Crippen LogP contribution in [-0.4, -0.2) is 27.3 Å². The SMILES string of the molecule is O=C(CCc1ccccn1)N1CCc2[nH]c(Br)cc2C1. The van der Waals surface area contributed by atoms with Gasteiger partial charge in [0.25, 0.3) is 0 Å². The lowest BCUT2D eigenvalue weighted by atomic mass is 10.1. The number of nitrogens with zero attached hydrogens (tertiary/aromatic N) is 2. The first-order valence-corrected chi connectivity index (χ1v) is 7.55. The van der Waals surface area contributed by atoms with E-state index in [1.165, 1.54) is 11.3 Å². The molecule has 0 unspecified atom stereocenters. The number of rotatable bonds is 3. The van der Waals surface area contributed by atoms with E-state index in [0.717, 1.165) is 23.3 Å². The van der Waals surface area contributed by atoms with E-state index >= 15 is 0 Å². The smallest absolute Gasteiger partial charge is 0.223 e. The summed E-state index contributed by atoms with van der Waals surface area (Å²) in [7, 11) is 0. The largest absolute Gasteiger partial charge is 0.353 e. The van der Waals surface area contributed by atoms with Crippen molar-refractivity contribution in [2.45, 2.75) is 25.8 Å². The first-order valence-electron chi connectivity index (χ1n) is 6.76. The minimum absolute atomic E-state index is 0.207. The molecule has 0 saturated carbocycles. The third-order valence-electron chi connectivity index (χ3n) is 3.63. The number of hydrogen-bond donors (Lipinski definition) is 1. The van der Waals surface area contributed by atoms with Crippen LogP contribution in [0.4, 0.5) is 0 Å². The summed E-state index contributed by atoms with van der Waals surface area (Å²) < 4.78 is 0.991. The maximum absolute atomic E-state index is 12.3. The Morgan fingerprint density at radius 1 is 1.45 bits per heavy atom. The number of H-pyrrole nitrogens is 1. The topological polar surface area (TPSA) is 49.0 Å². The number of hydrogen-bond acceptors (Lipinski definition) is 2. The lowest BCUT2D eigenvalue weighted by molar-refractivity contribution is -0.132. The third kappa shape index (κ3) is 2.93. The van der Waals surface area contributed by atoms with Crippen molar-refractivity contribution < 1.29 is 4.79 Å². The van der Waals surface area contributed by atoms with Crippen LogP contribution in [0.2, 0.25) is 0 Å². The second-order valence-electron chi connectivity index (χ2n) is 5.01. The molecule has 3 rings (SSSR count). The quantitative estimate of drug-likeness (QED) is 0.938. The normalized spacial score (nSPS) is 14.2. The third-order valence-corrected chi connectivity index (χ3v) is 4.05. The zero-order chi connectivity index (χ0) is 13.9. The Kier molecular flexibility index (Phi) is 3.87. The number of carbonyl (C=O) groups is 1. The zero-order valence-corrected chi connectivity index (χ0v) is 12.7. The van der Waals surface area contributed by atoms with E-state index < -0.39 is 0 Å². The van der Waals surface area contributed by atoms with Gasteiger partial charge in [-0.1, -0.05) is 6.07 Å². The molecular formula is C15H16BrN3O. The highest BCUT2D eigenvalue weighted by Crippen LogP contribution is 2.23. The lowest BCUT2D eigenvalue weighted by Crippen LogP contribution is -2.35. The van der Waals surface area contributed by atoms with Crippen molar-refractivity contribution in [1.82, 2.24) is 14.9 Å². The highest BCUT2D eigenvalue weighted by molar-refractivity contribution is 9.10. The average molecular weight is 334 g/mol. The van der Waals surface area contributed by atoms with Gasteiger partial charge in [-0.25, -0.2) is 0 Å². The number of halogens is 1. The van der Waals surface area contributed by atoms with Gasteiger partial charge in [-0.15, -0.1) is 0 Å². The Morgan fingerprint density at radius 3 is 3.15 bits per heavy atom. The molecule has 5 heteroatoms. The fraction of sp³-hybridized carbons (Fsp3) is 0.333. The van der Waals surface area contributed by atoms with E-state index in [4.69, 9.17) is 0 Å². The van der Waals surface area contributed by atoms with Crippen LogP contribution in [-0.2, 0) is 24.2 Å². The van der Waals surface area contributed by atoms with Crippen LogP contribution in [0.15, 0.2) is 35.1 Å². The summed E-state index contributed by atoms with van der Waals surface area (Å²) in [6, 6.07) is 7.87. The van der Waals surface area contributed by atoms with Crippen LogP contribution >= 0.6 is 15.9 Å². The minimum atomic E-state index is 0.207. The Hall–Kier alpha value is -1.62. The first kappa shape index (κ1) is 13.4. The first-order chi connectivity index (χ1) is 9.72. The van der Waals surface area contributed by atoms with Crippen LogP contribution in [0.3, 0.4) is 0 Å². The van der Waals surface area contributed by atoms with Crippen LogP contribution in [0.25, 0.3) is 0 Å². The van der Waals surface area contributed by atoms with Crippen molar-refractivity contribution in [2.24, 2.45) is 0 Å². The molecule has 3 heterocycles. The number of fused-ring (bicyclic) bond motifs is 1. The summed E-state index contributed by atoms with van der Waals surface area (Å²) >= 11 is 3.44. The molecule has 0 atom stereocenters. The van der Waals surface area contributed by atoms with Crippen molar-refractivity contribution in [3.8, 4) is 0 Å². The summed E-state index contributed by atoms with van der Waals surface area (Å²) in [6.45, 7) is 1.50. The predicted octanol–water partition coefficient (Wildman–Crippen LogP) is 2.69. The molecule has 0 bridgehead atoms. The van der Waals surface area contributed by atoms with Crippen molar-refractivity contribution >= 4 is 21.8 Å². The number of aromatic amines is 1. The molecule has 0 aliphatic carbocycles. The van der Waals surface area contributed by atoms with Gasteiger partial charge in [-0.2, -0.15) is 0 Å². The van der Waals surface area contributed by atoms with E-state index in [0.29, 0.717) is 19.4 Å². The second kappa shape index (κ2) is 5.79. The van der Waals surface area contributed by atoms with Crippen LogP contribution in [0.1, 0.15) is 23.4 Å². The van der Waals surface area contributed by atoms with Gasteiger partial charge in [0, 0.05) is 43.5 Å². The molecule has 4 nitrogen and oxygen atoms in total. The van der Waals surface area contributed by atoms with Gasteiger partial charge in [-0.05, 0) is 46.1 Å². The zero-order valence-electron chi connectivity index (χ0n) is 11.1. The highest BCUT2D eigenvalue weighted by atomic mass is 79.9. The molecule has 1 aliphatic heterocycles. The van der Waals surface area contributed by atoms with E-state index in [1.54, 1.807) is 6.20 Å². The maximum Gasteiger partial charge on any atom is 0.223 e. The molecule has 0 aromatic carbocycles. The Bertz CT molecular complexity index is 609. The number of aromatic nitrogens is 2. The Morgan fingerprint density at radius 2 is 2.35 bits per heavy atom. The van der Waals surface area contributed by atoms with E-state index in [-0.39, 0.29) is 5.91 Å².